The van der Waals surface area contributed by atoms with Crippen molar-refractivity contribution in [2.45, 2.75) is 13.8 Å². The molecule has 1 amide bonds. The van der Waals surface area contributed by atoms with Gasteiger partial charge in [0, 0.05) is 12.4 Å². The van der Waals surface area contributed by atoms with Crippen molar-refractivity contribution in [2.75, 3.05) is 0 Å². The van der Waals surface area contributed by atoms with Crippen LogP contribution in [-0.2, 0) is 7.05 Å². The van der Waals surface area contributed by atoms with E-state index < -0.39 is 5.91 Å². The fraction of sp³-hybridized carbons (Fsp3) is 0.273. The zero-order chi connectivity index (χ0) is 11.2. The molecular formula is C11H13N3O. The van der Waals surface area contributed by atoms with Gasteiger partial charge in [0.1, 0.15) is 0 Å². The minimum atomic E-state index is -0.414. The molecule has 4 nitrogen and oxygen atoms in total. The van der Waals surface area contributed by atoms with E-state index in [4.69, 9.17) is 5.73 Å². The largest absolute Gasteiger partial charge is 0.366 e. The van der Waals surface area contributed by atoms with Crippen LogP contribution < -0.4 is 5.73 Å². The first-order chi connectivity index (χ1) is 7.02. The van der Waals surface area contributed by atoms with Gasteiger partial charge >= 0.3 is 0 Å². The first-order valence-corrected chi connectivity index (χ1v) is 4.75. The Balaban J connectivity index is 2.98. The summed E-state index contributed by atoms with van der Waals surface area (Å²) in [4.78, 5) is 11.3. The smallest absolute Gasteiger partial charge is 0.250 e. The van der Waals surface area contributed by atoms with Crippen molar-refractivity contribution in [1.82, 2.24) is 9.78 Å². The molecule has 0 spiro atoms. The normalized spacial score (nSPS) is 10.9. The number of nitrogens with zero attached hydrogens (tertiary/aromatic N) is 2. The molecule has 2 N–H and O–H groups in total. The van der Waals surface area contributed by atoms with Crippen molar-refractivity contribution in [3.8, 4) is 0 Å². The summed E-state index contributed by atoms with van der Waals surface area (Å²) in [6.45, 7) is 3.93. The number of nitrogens with two attached hydrogens (primary N) is 1. The lowest BCUT2D eigenvalue weighted by Gasteiger charge is -2.03. The van der Waals surface area contributed by atoms with E-state index in [9.17, 15) is 4.79 Å². The van der Waals surface area contributed by atoms with E-state index in [0.29, 0.717) is 5.56 Å². The maximum absolute atomic E-state index is 11.3. The number of hydrogen-bond donors (Lipinski definition) is 1. The molecule has 0 aliphatic rings. The maximum atomic E-state index is 11.3. The molecule has 1 heterocycles. The van der Waals surface area contributed by atoms with Crippen molar-refractivity contribution < 1.29 is 4.79 Å². The zero-order valence-corrected chi connectivity index (χ0v) is 9.03. The topological polar surface area (TPSA) is 60.9 Å². The molecule has 0 atom stereocenters. The molecule has 0 radical (unpaired) electrons. The second-order valence-corrected chi connectivity index (χ2v) is 3.73. The zero-order valence-electron chi connectivity index (χ0n) is 9.03. The van der Waals surface area contributed by atoms with E-state index in [1.807, 2.05) is 27.0 Å². The van der Waals surface area contributed by atoms with Crippen molar-refractivity contribution in [1.29, 1.82) is 0 Å². The Morgan fingerprint density at radius 3 is 2.67 bits per heavy atom. The van der Waals surface area contributed by atoms with Crippen LogP contribution in [-0.4, -0.2) is 15.7 Å². The summed E-state index contributed by atoms with van der Waals surface area (Å²) < 4.78 is 1.71. The highest BCUT2D eigenvalue weighted by atomic mass is 16.1. The molecule has 0 aliphatic carbocycles. The first kappa shape index (κ1) is 9.71. The molecule has 2 rings (SSSR count). The highest BCUT2D eigenvalue weighted by Gasteiger charge is 2.14. The Morgan fingerprint density at radius 1 is 1.40 bits per heavy atom. The predicted octanol–water partition coefficient (Wildman–Crippen LogP) is 1.29. The molecule has 0 aliphatic heterocycles. The first-order valence-electron chi connectivity index (χ1n) is 4.75. The summed E-state index contributed by atoms with van der Waals surface area (Å²) >= 11 is 0. The van der Waals surface area contributed by atoms with E-state index in [2.05, 4.69) is 5.10 Å². The highest BCUT2D eigenvalue weighted by Crippen LogP contribution is 2.24. The number of aromatic nitrogens is 2. The Morgan fingerprint density at radius 2 is 2.07 bits per heavy atom. The number of rotatable bonds is 1. The lowest BCUT2D eigenvalue weighted by atomic mass is 10.0. The Hall–Kier alpha value is -1.84. The Bertz CT molecular complexity index is 554. The lowest BCUT2D eigenvalue weighted by Crippen LogP contribution is -2.12. The second-order valence-electron chi connectivity index (χ2n) is 3.73. The van der Waals surface area contributed by atoms with Crippen LogP contribution in [0.15, 0.2) is 12.1 Å². The molecule has 0 fully saturated rings. The van der Waals surface area contributed by atoms with Crippen LogP contribution in [0.5, 0.6) is 0 Å². The summed E-state index contributed by atoms with van der Waals surface area (Å²) in [5.74, 6) is -0.414. The number of hydrogen-bond acceptors (Lipinski definition) is 2. The molecule has 4 heteroatoms. The van der Waals surface area contributed by atoms with E-state index >= 15 is 0 Å². The third-order valence-electron chi connectivity index (χ3n) is 2.64. The van der Waals surface area contributed by atoms with Crippen LogP contribution in [0, 0.1) is 13.8 Å². The number of carbonyl (C=O) groups excluding carboxylic acids is 1. The number of aryl methyl sites for hydroxylation is 3. The molecule has 0 bridgehead atoms. The van der Waals surface area contributed by atoms with Crippen LogP contribution in [0.25, 0.3) is 10.9 Å². The fourth-order valence-corrected chi connectivity index (χ4v) is 2.01. The van der Waals surface area contributed by atoms with Crippen LogP contribution >= 0.6 is 0 Å². The molecule has 2 aromatic rings. The van der Waals surface area contributed by atoms with E-state index in [1.54, 1.807) is 10.7 Å². The minimum absolute atomic E-state index is 0.414. The van der Waals surface area contributed by atoms with Crippen molar-refractivity contribution in [3.05, 3.63) is 29.0 Å². The van der Waals surface area contributed by atoms with Gasteiger partial charge in [0.2, 0.25) is 0 Å². The van der Waals surface area contributed by atoms with Crippen molar-refractivity contribution >= 4 is 16.8 Å². The molecular weight excluding hydrogens is 190 g/mol. The molecule has 0 unspecified atom stereocenters. The van der Waals surface area contributed by atoms with Crippen LogP contribution in [0.2, 0.25) is 0 Å². The number of primary amides is 1. The number of carbonyl (C=O) groups is 1. The van der Waals surface area contributed by atoms with Gasteiger partial charge in [0.05, 0.1) is 16.8 Å². The fourth-order valence-electron chi connectivity index (χ4n) is 2.01. The van der Waals surface area contributed by atoms with Gasteiger partial charge in [-0.3, -0.25) is 9.48 Å². The predicted molar refractivity (Wildman–Crippen MR) is 58.7 cm³/mol. The average Bonchev–Trinajstić information content (AvgIpc) is 2.43. The summed E-state index contributed by atoms with van der Waals surface area (Å²) in [6.07, 6.45) is 0. The van der Waals surface area contributed by atoms with Crippen LogP contribution in [0.3, 0.4) is 0 Å². The van der Waals surface area contributed by atoms with Gasteiger partial charge in [-0.2, -0.15) is 5.10 Å². The molecule has 1 aromatic heterocycles. The van der Waals surface area contributed by atoms with Gasteiger partial charge in [0.25, 0.3) is 5.91 Å². The second kappa shape index (κ2) is 3.08. The van der Waals surface area contributed by atoms with E-state index in [-0.39, 0.29) is 0 Å². The molecule has 78 valence electrons. The minimum Gasteiger partial charge on any atom is -0.366 e. The van der Waals surface area contributed by atoms with Gasteiger partial charge in [-0.15, -0.1) is 0 Å². The third-order valence-corrected chi connectivity index (χ3v) is 2.64. The number of benzene rings is 1. The van der Waals surface area contributed by atoms with Crippen LogP contribution in [0.4, 0.5) is 0 Å². The monoisotopic (exact) mass is 203 g/mol. The lowest BCUT2D eigenvalue weighted by molar-refractivity contribution is 0.100. The summed E-state index contributed by atoms with van der Waals surface area (Å²) in [6, 6.07) is 3.65. The Labute approximate surface area is 87.7 Å². The highest BCUT2D eigenvalue weighted by molar-refractivity contribution is 6.06. The molecule has 0 saturated heterocycles. The molecule has 15 heavy (non-hydrogen) atoms. The van der Waals surface area contributed by atoms with Gasteiger partial charge in [-0.1, -0.05) is 6.07 Å². The summed E-state index contributed by atoms with van der Waals surface area (Å²) in [5, 5.41) is 5.33. The summed E-state index contributed by atoms with van der Waals surface area (Å²) in [5.41, 5.74) is 8.71. The van der Waals surface area contributed by atoms with Gasteiger partial charge in [-0.05, 0) is 25.5 Å². The van der Waals surface area contributed by atoms with Crippen LogP contribution in [0.1, 0.15) is 21.6 Å². The summed E-state index contributed by atoms with van der Waals surface area (Å²) in [7, 11) is 1.82. The molecule has 1 aromatic carbocycles. The maximum Gasteiger partial charge on any atom is 0.250 e. The van der Waals surface area contributed by atoms with E-state index in [0.717, 1.165) is 22.2 Å². The van der Waals surface area contributed by atoms with Crippen molar-refractivity contribution in [3.63, 3.8) is 0 Å². The number of amides is 1. The number of fused-ring (bicyclic) bond motifs is 1. The Kier molecular flexibility index (Phi) is 2.00. The van der Waals surface area contributed by atoms with E-state index in [1.165, 1.54) is 0 Å². The average molecular weight is 203 g/mol. The quantitative estimate of drug-likeness (QED) is 0.759. The standard InChI is InChI=1S/C11H13N3O/c1-6-4-5-8(11(12)15)10-9(6)7(2)13-14(10)3/h4-5H,1-3H3,(H2,12,15). The molecule has 0 saturated carbocycles. The van der Waals surface area contributed by atoms with Crippen molar-refractivity contribution in [2.24, 2.45) is 12.8 Å². The van der Waals surface area contributed by atoms with Gasteiger partial charge in [-0.25, -0.2) is 0 Å². The van der Waals surface area contributed by atoms with Gasteiger partial charge in [0.15, 0.2) is 0 Å². The van der Waals surface area contributed by atoms with Gasteiger partial charge < -0.3 is 5.73 Å². The SMILES string of the molecule is Cc1ccc(C(N)=O)c2c1c(C)nn2C. The third kappa shape index (κ3) is 1.29.